The van der Waals surface area contributed by atoms with Gasteiger partial charge in [-0.25, -0.2) is 23.1 Å². The fourth-order valence-corrected chi connectivity index (χ4v) is 5.55. The van der Waals surface area contributed by atoms with Crippen molar-refractivity contribution in [3.8, 4) is 11.6 Å². The molecular weight excluding hydrogens is 452 g/mol. The van der Waals surface area contributed by atoms with E-state index in [-0.39, 0.29) is 9.92 Å². The molecule has 0 saturated carbocycles. The minimum Gasteiger partial charge on any atom is -0.495 e. The van der Waals surface area contributed by atoms with Gasteiger partial charge in [0.15, 0.2) is 5.82 Å². The second-order valence-electron chi connectivity index (χ2n) is 7.66. The summed E-state index contributed by atoms with van der Waals surface area (Å²) in [5.41, 5.74) is 1.90. The molecule has 3 heterocycles. The Balaban J connectivity index is 1.53. The molecule has 0 atom stereocenters. The van der Waals surface area contributed by atoms with E-state index in [1.54, 1.807) is 10.7 Å². The molecule has 11 heteroatoms. The Kier molecular flexibility index (Phi) is 6.11. The lowest BCUT2D eigenvalue weighted by atomic mass is 10.3. The number of anilines is 1. The maximum atomic E-state index is 13.1. The third kappa shape index (κ3) is 4.30. The number of halogens is 1. The van der Waals surface area contributed by atoms with E-state index in [9.17, 15) is 8.42 Å². The number of hydrogen-bond acceptors (Lipinski definition) is 7. The molecule has 1 aliphatic heterocycles. The SMILES string of the molecule is COc1ccc(S(=O)(=O)N2CCN(c3cc(-n4nc(C)cc4C)nc(C)n3)CC2)cc1Cl. The van der Waals surface area contributed by atoms with E-state index in [1.165, 1.54) is 23.5 Å². The van der Waals surface area contributed by atoms with Gasteiger partial charge in [-0.3, -0.25) is 0 Å². The van der Waals surface area contributed by atoms with Crippen LogP contribution >= 0.6 is 11.6 Å². The van der Waals surface area contributed by atoms with Crippen molar-refractivity contribution in [3.63, 3.8) is 0 Å². The number of sulfonamides is 1. The van der Waals surface area contributed by atoms with Gasteiger partial charge in [-0.15, -0.1) is 0 Å². The minimum absolute atomic E-state index is 0.154. The van der Waals surface area contributed by atoms with Gasteiger partial charge in [0, 0.05) is 37.9 Å². The predicted molar refractivity (Wildman–Crippen MR) is 122 cm³/mol. The number of ether oxygens (including phenoxy) is 1. The van der Waals surface area contributed by atoms with Crippen molar-refractivity contribution < 1.29 is 13.2 Å². The molecule has 1 fully saturated rings. The Bertz CT molecular complexity index is 1250. The van der Waals surface area contributed by atoms with Gasteiger partial charge < -0.3 is 9.64 Å². The molecule has 170 valence electrons. The summed E-state index contributed by atoms with van der Waals surface area (Å²) in [6.07, 6.45) is 0. The Morgan fingerprint density at radius 3 is 2.25 bits per heavy atom. The summed E-state index contributed by atoms with van der Waals surface area (Å²) in [5.74, 6) is 2.52. The van der Waals surface area contributed by atoms with E-state index in [4.69, 9.17) is 16.3 Å². The number of nitrogens with zero attached hydrogens (tertiary/aromatic N) is 6. The van der Waals surface area contributed by atoms with Crippen LogP contribution in [-0.2, 0) is 10.0 Å². The molecule has 0 spiro atoms. The van der Waals surface area contributed by atoms with Gasteiger partial charge >= 0.3 is 0 Å². The summed E-state index contributed by atoms with van der Waals surface area (Å²) >= 11 is 6.13. The largest absolute Gasteiger partial charge is 0.495 e. The van der Waals surface area contributed by atoms with Gasteiger partial charge in [-0.05, 0) is 45.0 Å². The van der Waals surface area contributed by atoms with Crippen molar-refractivity contribution in [1.82, 2.24) is 24.1 Å². The summed E-state index contributed by atoms with van der Waals surface area (Å²) in [7, 11) is -2.17. The first kappa shape index (κ1) is 22.5. The number of benzene rings is 1. The lowest BCUT2D eigenvalue weighted by Crippen LogP contribution is -2.49. The number of aryl methyl sites for hydroxylation is 3. The average molecular weight is 477 g/mol. The highest BCUT2D eigenvalue weighted by molar-refractivity contribution is 7.89. The second kappa shape index (κ2) is 8.68. The molecule has 1 saturated heterocycles. The van der Waals surface area contributed by atoms with Gasteiger partial charge in [0.1, 0.15) is 17.4 Å². The average Bonchev–Trinajstić information content (AvgIpc) is 3.11. The lowest BCUT2D eigenvalue weighted by Gasteiger charge is -2.34. The van der Waals surface area contributed by atoms with Crippen LogP contribution in [0.5, 0.6) is 5.75 Å². The van der Waals surface area contributed by atoms with Gasteiger partial charge in [-0.2, -0.15) is 9.40 Å². The number of piperazine rings is 1. The number of rotatable bonds is 5. The van der Waals surface area contributed by atoms with Gasteiger partial charge in [0.25, 0.3) is 0 Å². The zero-order valence-corrected chi connectivity index (χ0v) is 20.0. The van der Waals surface area contributed by atoms with Gasteiger partial charge in [0.2, 0.25) is 10.0 Å². The van der Waals surface area contributed by atoms with Crippen molar-refractivity contribution in [2.24, 2.45) is 0 Å². The van der Waals surface area contributed by atoms with Crippen molar-refractivity contribution in [3.05, 3.63) is 52.6 Å². The molecule has 0 unspecified atom stereocenters. The van der Waals surface area contributed by atoms with Gasteiger partial charge in [-0.1, -0.05) is 11.6 Å². The van der Waals surface area contributed by atoms with E-state index in [0.29, 0.717) is 43.6 Å². The van der Waals surface area contributed by atoms with Crippen molar-refractivity contribution in [2.75, 3.05) is 38.2 Å². The van der Waals surface area contributed by atoms with E-state index < -0.39 is 10.0 Å². The minimum atomic E-state index is -3.66. The van der Waals surface area contributed by atoms with Crippen LogP contribution < -0.4 is 9.64 Å². The standard InChI is InChI=1S/C21H25ClN6O3S/c1-14-11-15(2)28(25-14)21-13-20(23-16(3)24-21)26-7-9-27(10-8-26)32(29,30)17-5-6-19(31-4)18(22)12-17/h5-6,11-13H,7-10H2,1-4H3. The Hall–Kier alpha value is -2.69. The van der Waals surface area contributed by atoms with Crippen LogP contribution in [0.2, 0.25) is 5.02 Å². The van der Waals surface area contributed by atoms with E-state index in [0.717, 1.165) is 17.2 Å². The molecule has 0 aliphatic carbocycles. The quantitative estimate of drug-likeness (QED) is 0.558. The zero-order chi connectivity index (χ0) is 23.0. The molecule has 9 nitrogen and oxygen atoms in total. The molecule has 0 N–H and O–H groups in total. The first-order valence-electron chi connectivity index (χ1n) is 10.2. The molecule has 32 heavy (non-hydrogen) atoms. The highest BCUT2D eigenvalue weighted by Crippen LogP contribution is 2.29. The zero-order valence-electron chi connectivity index (χ0n) is 18.4. The summed E-state index contributed by atoms with van der Waals surface area (Å²) < 4.78 is 34.6. The van der Waals surface area contributed by atoms with Gasteiger partial charge in [0.05, 0.1) is 22.7 Å². The summed E-state index contributed by atoms with van der Waals surface area (Å²) in [6, 6.07) is 8.39. The summed E-state index contributed by atoms with van der Waals surface area (Å²) in [5, 5.41) is 4.77. The number of hydrogen-bond donors (Lipinski definition) is 0. The molecule has 4 rings (SSSR count). The second-order valence-corrected chi connectivity index (χ2v) is 10.0. The Morgan fingerprint density at radius 2 is 1.66 bits per heavy atom. The van der Waals surface area contributed by atoms with Crippen LogP contribution in [0.25, 0.3) is 5.82 Å². The molecular formula is C21H25ClN6O3S. The third-order valence-electron chi connectivity index (χ3n) is 5.36. The lowest BCUT2D eigenvalue weighted by molar-refractivity contribution is 0.383. The smallest absolute Gasteiger partial charge is 0.243 e. The monoisotopic (exact) mass is 476 g/mol. The van der Waals surface area contributed by atoms with E-state index in [1.807, 2.05) is 32.9 Å². The molecule has 1 aliphatic rings. The molecule has 0 radical (unpaired) electrons. The fraction of sp³-hybridized carbons (Fsp3) is 0.381. The highest BCUT2D eigenvalue weighted by Gasteiger charge is 2.30. The normalized spacial score (nSPS) is 15.2. The van der Waals surface area contributed by atoms with Crippen molar-refractivity contribution in [2.45, 2.75) is 25.7 Å². The van der Waals surface area contributed by atoms with Crippen LogP contribution in [0, 0.1) is 20.8 Å². The number of aromatic nitrogens is 4. The van der Waals surface area contributed by atoms with Crippen molar-refractivity contribution >= 4 is 27.4 Å². The molecule has 0 amide bonds. The van der Waals surface area contributed by atoms with Crippen LogP contribution in [0.15, 0.2) is 35.2 Å². The van der Waals surface area contributed by atoms with Crippen LogP contribution in [0.3, 0.4) is 0 Å². The highest BCUT2D eigenvalue weighted by atomic mass is 35.5. The fourth-order valence-electron chi connectivity index (χ4n) is 3.78. The molecule has 2 aromatic heterocycles. The number of methoxy groups -OCH3 is 1. The molecule has 3 aromatic rings. The topological polar surface area (TPSA) is 93.5 Å². The summed E-state index contributed by atoms with van der Waals surface area (Å²) in [6.45, 7) is 7.45. The van der Waals surface area contributed by atoms with E-state index in [2.05, 4.69) is 20.0 Å². The predicted octanol–water partition coefficient (Wildman–Crippen LogP) is 2.76. The first-order valence-corrected chi connectivity index (χ1v) is 12.0. The summed E-state index contributed by atoms with van der Waals surface area (Å²) in [4.78, 5) is 11.3. The van der Waals surface area contributed by atoms with Crippen molar-refractivity contribution in [1.29, 1.82) is 0 Å². The van der Waals surface area contributed by atoms with E-state index >= 15 is 0 Å². The van der Waals surface area contributed by atoms with Crippen LogP contribution in [0.1, 0.15) is 17.2 Å². The van der Waals surface area contributed by atoms with Crippen LogP contribution in [0.4, 0.5) is 5.82 Å². The molecule has 0 bridgehead atoms. The maximum absolute atomic E-state index is 13.1. The first-order chi connectivity index (χ1) is 15.2. The van der Waals surface area contributed by atoms with Crippen LogP contribution in [-0.4, -0.2) is 65.8 Å². The Morgan fingerprint density at radius 1 is 0.969 bits per heavy atom. The Labute approximate surface area is 192 Å². The third-order valence-corrected chi connectivity index (χ3v) is 7.55. The maximum Gasteiger partial charge on any atom is 0.243 e. The molecule has 1 aromatic carbocycles.